The van der Waals surface area contributed by atoms with Gasteiger partial charge < -0.3 is 16.3 Å². The Morgan fingerprint density at radius 1 is 1.53 bits per heavy atom. The van der Waals surface area contributed by atoms with Crippen LogP contribution in [-0.4, -0.2) is 17.6 Å². The fraction of sp³-hybridized carbons (Fsp3) is 0.417. The standard InChI is InChI=1S/C12H18ClN3O/c1-8(12(14)16-17)7-15-9(2)10-4-3-5-11(13)6-10/h3-6,8-9,15,17H,7H2,1-2H3,(H2,14,16)/t8?,9-/m0/s1. The fourth-order valence-electron chi connectivity index (χ4n) is 1.45. The van der Waals surface area contributed by atoms with Crippen molar-refractivity contribution in [2.24, 2.45) is 16.8 Å². The maximum Gasteiger partial charge on any atom is 0.143 e. The Morgan fingerprint density at radius 3 is 2.82 bits per heavy atom. The highest BCUT2D eigenvalue weighted by Crippen LogP contribution is 2.17. The lowest BCUT2D eigenvalue weighted by Gasteiger charge is -2.17. The predicted molar refractivity (Wildman–Crippen MR) is 70.4 cm³/mol. The van der Waals surface area contributed by atoms with Gasteiger partial charge in [-0.2, -0.15) is 0 Å². The highest BCUT2D eigenvalue weighted by atomic mass is 35.5. The molecule has 2 atom stereocenters. The van der Waals surface area contributed by atoms with Crippen LogP contribution in [0.2, 0.25) is 5.02 Å². The fourth-order valence-corrected chi connectivity index (χ4v) is 1.65. The Labute approximate surface area is 106 Å². The van der Waals surface area contributed by atoms with Crippen LogP contribution in [0, 0.1) is 5.92 Å². The van der Waals surface area contributed by atoms with Crippen molar-refractivity contribution in [1.29, 1.82) is 0 Å². The molecule has 0 heterocycles. The number of rotatable bonds is 5. The van der Waals surface area contributed by atoms with Gasteiger partial charge >= 0.3 is 0 Å². The van der Waals surface area contributed by atoms with Crippen molar-refractivity contribution < 1.29 is 5.21 Å². The molecule has 0 spiro atoms. The maximum absolute atomic E-state index is 8.54. The summed E-state index contributed by atoms with van der Waals surface area (Å²) in [6, 6.07) is 7.87. The molecule has 17 heavy (non-hydrogen) atoms. The van der Waals surface area contributed by atoms with Crippen LogP contribution in [0.15, 0.2) is 29.4 Å². The van der Waals surface area contributed by atoms with Gasteiger partial charge in [-0.05, 0) is 24.6 Å². The highest BCUT2D eigenvalue weighted by molar-refractivity contribution is 6.30. The van der Waals surface area contributed by atoms with E-state index in [0.717, 1.165) is 10.6 Å². The molecule has 0 bridgehead atoms. The maximum atomic E-state index is 8.54. The molecule has 0 saturated heterocycles. The molecule has 4 nitrogen and oxygen atoms in total. The summed E-state index contributed by atoms with van der Waals surface area (Å²) in [5.41, 5.74) is 6.62. The van der Waals surface area contributed by atoms with Gasteiger partial charge in [0.05, 0.1) is 0 Å². The molecule has 1 aromatic carbocycles. The Morgan fingerprint density at radius 2 is 2.24 bits per heavy atom. The van der Waals surface area contributed by atoms with E-state index in [1.165, 1.54) is 0 Å². The molecule has 0 aromatic heterocycles. The highest BCUT2D eigenvalue weighted by Gasteiger charge is 2.10. The number of benzene rings is 1. The van der Waals surface area contributed by atoms with Gasteiger partial charge in [0.1, 0.15) is 5.84 Å². The van der Waals surface area contributed by atoms with Crippen molar-refractivity contribution in [2.75, 3.05) is 6.54 Å². The van der Waals surface area contributed by atoms with Gasteiger partial charge in [-0.1, -0.05) is 35.8 Å². The molecule has 4 N–H and O–H groups in total. The van der Waals surface area contributed by atoms with E-state index < -0.39 is 0 Å². The molecule has 1 unspecified atom stereocenters. The second kappa shape index (κ2) is 6.47. The van der Waals surface area contributed by atoms with Crippen LogP contribution in [0.3, 0.4) is 0 Å². The summed E-state index contributed by atoms with van der Waals surface area (Å²) in [6.45, 7) is 4.58. The summed E-state index contributed by atoms with van der Waals surface area (Å²) in [5, 5.41) is 15.6. The molecule has 0 saturated carbocycles. The van der Waals surface area contributed by atoms with Crippen molar-refractivity contribution in [3.05, 3.63) is 34.9 Å². The van der Waals surface area contributed by atoms with Crippen LogP contribution in [0.4, 0.5) is 0 Å². The number of nitrogens with zero attached hydrogens (tertiary/aromatic N) is 1. The number of hydrogen-bond acceptors (Lipinski definition) is 3. The summed E-state index contributed by atoms with van der Waals surface area (Å²) in [6.07, 6.45) is 0. The number of hydrogen-bond donors (Lipinski definition) is 3. The molecule has 0 aliphatic rings. The average Bonchev–Trinajstić information content (AvgIpc) is 2.34. The van der Waals surface area contributed by atoms with E-state index >= 15 is 0 Å². The van der Waals surface area contributed by atoms with Gasteiger partial charge in [0.2, 0.25) is 0 Å². The molecular weight excluding hydrogens is 238 g/mol. The van der Waals surface area contributed by atoms with Crippen molar-refractivity contribution in [1.82, 2.24) is 5.32 Å². The van der Waals surface area contributed by atoms with E-state index in [9.17, 15) is 0 Å². The van der Waals surface area contributed by atoms with Gasteiger partial charge in [0.25, 0.3) is 0 Å². The smallest absolute Gasteiger partial charge is 0.143 e. The number of nitrogens with two attached hydrogens (primary N) is 1. The number of amidine groups is 1. The largest absolute Gasteiger partial charge is 0.409 e. The second-order valence-electron chi connectivity index (χ2n) is 4.11. The summed E-state index contributed by atoms with van der Waals surface area (Å²) in [5.74, 6) is 0.220. The topological polar surface area (TPSA) is 70.6 Å². The van der Waals surface area contributed by atoms with Crippen molar-refractivity contribution in [2.45, 2.75) is 19.9 Å². The lowest BCUT2D eigenvalue weighted by Crippen LogP contribution is -2.32. The van der Waals surface area contributed by atoms with Crippen LogP contribution in [0.1, 0.15) is 25.5 Å². The van der Waals surface area contributed by atoms with Crippen LogP contribution in [0.5, 0.6) is 0 Å². The van der Waals surface area contributed by atoms with Crippen molar-refractivity contribution in [3.63, 3.8) is 0 Å². The molecule has 0 fully saturated rings. The van der Waals surface area contributed by atoms with E-state index in [2.05, 4.69) is 10.5 Å². The molecule has 94 valence electrons. The number of halogens is 1. The first-order chi connectivity index (χ1) is 8.04. The Balaban J connectivity index is 2.53. The zero-order valence-electron chi connectivity index (χ0n) is 10.0. The molecule has 0 radical (unpaired) electrons. The predicted octanol–water partition coefficient (Wildman–Crippen LogP) is 2.37. The SMILES string of the molecule is CC(CN[C@@H](C)c1cccc(Cl)c1)/C(N)=N/O. The van der Waals surface area contributed by atoms with E-state index in [0.29, 0.717) is 6.54 Å². The zero-order valence-corrected chi connectivity index (χ0v) is 10.8. The summed E-state index contributed by atoms with van der Waals surface area (Å²) < 4.78 is 0. The lowest BCUT2D eigenvalue weighted by atomic mass is 10.1. The van der Waals surface area contributed by atoms with Gasteiger partial charge in [0, 0.05) is 23.5 Å². The molecule has 0 aliphatic carbocycles. The molecule has 5 heteroatoms. The van der Waals surface area contributed by atoms with E-state index in [-0.39, 0.29) is 17.8 Å². The lowest BCUT2D eigenvalue weighted by molar-refractivity contribution is 0.313. The zero-order chi connectivity index (χ0) is 12.8. The second-order valence-corrected chi connectivity index (χ2v) is 4.55. The Hall–Kier alpha value is -1.26. The van der Waals surface area contributed by atoms with Gasteiger partial charge in [0.15, 0.2) is 0 Å². The van der Waals surface area contributed by atoms with Crippen LogP contribution < -0.4 is 11.1 Å². The third-order valence-electron chi connectivity index (χ3n) is 2.70. The van der Waals surface area contributed by atoms with Crippen LogP contribution >= 0.6 is 11.6 Å². The molecule has 1 rings (SSSR count). The number of nitrogens with one attached hydrogen (secondary N) is 1. The summed E-state index contributed by atoms with van der Waals surface area (Å²) in [4.78, 5) is 0. The van der Waals surface area contributed by atoms with E-state index in [1.807, 2.05) is 38.1 Å². The van der Waals surface area contributed by atoms with Crippen LogP contribution in [-0.2, 0) is 0 Å². The minimum Gasteiger partial charge on any atom is -0.409 e. The van der Waals surface area contributed by atoms with Crippen molar-refractivity contribution in [3.8, 4) is 0 Å². The van der Waals surface area contributed by atoms with Gasteiger partial charge in [-0.3, -0.25) is 0 Å². The van der Waals surface area contributed by atoms with Crippen molar-refractivity contribution >= 4 is 17.4 Å². The average molecular weight is 256 g/mol. The first kappa shape index (κ1) is 13.8. The first-order valence-corrected chi connectivity index (χ1v) is 5.88. The Kier molecular flexibility index (Phi) is 5.25. The molecular formula is C12H18ClN3O. The quantitative estimate of drug-likeness (QED) is 0.327. The molecule has 0 amide bonds. The summed E-state index contributed by atoms with van der Waals surface area (Å²) >= 11 is 5.92. The third kappa shape index (κ3) is 4.24. The minimum absolute atomic E-state index is 0.0124. The van der Waals surface area contributed by atoms with Gasteiger partial charge in [-0.25, -0.2) is 0 Å². The normalized spacial score (nSPS) is 15.6. The van der Waals surface area contributed by atoms with Gasteiger partial charge in [-0.15, -0.1) is 0 Å². The van der Waals surface area contributed by atoms with E-state index in [1.54, 1.807) is 0 Å². The number of oxime groups is 1. The van der Waals surface area contributed by atoms with E-state index in [4.69, 9.17) is 22.5 Å². The first-order valence-electron chi connectivity index (χ1n) is 5.51. The monoisotopic (exact) mass is 255 g/mol. The summed E-state index contributed by atoms with van der Waals surface area (Å²) in [7, 11) is 0. The Bertz CT molecular complexity index is 395. The van der Waals surface area contributed by atoms with Crippen LogP contribution in [0.25, 0.3) is 0 Å². The third-order valence-corrected chi connectivity index (χ3v) is 2.93. The molecule has 0 aliphatic heterocycles. The minimum atomic E-state index is -0.0124. The molecule has 1 aromatic rings.